The van der Waals surface area contributed by atoms with Crippen LogP contribution in [0.15, 0.2) is 83.5 Å². The van der Waals surface area contributed by atoms with Gasteiger partial charge in [0.05, 0.1) is 19.6 Å². The van der Waals surface area contributed by atoms with E-state index < -0.39 is 17.3 Å². The number of carbonyl (C=O) groups excluding carboxylic acids is 1. The van der Waals surface area contributed by atoms with Crippen LogP contribution in [0.25, 0.3) is 12.2 Å². The first-order valence-corrected chi connectivity index (χ1v) is 13.9. The molecule has 2 bridgehead atoms. The van der Waals surface area contributed by atoms with Crippen LogP contribution in [0.3, 0.4) is 0 Å². The quantitative estimate of drug-likeness (QED) is 0.404. The summed E-state index contributed by atoms with van der Waals surface area (Å²) < 4.78 is 24.8. The molecule has 0 N–H and O–H groups in total. The van der Waals surface area contributed by atoms with E-state index in [1.165, 1.54) is 5.57 Å². The Balaban J connectivity index is 1.42. The van der Waals surface area contributed by atoms with E-state index in [4.69, 9.17) is 18.9 Å². The first-order chi connectivity index (χ1) is 19.0. The van der Waals surface area contributed by atoms with Gasteiger partial charge in [0.15, 0.2) is 11.6 Å². The molecule has 4 aliphatic rings. The third kappa shape index (κ3) is 4.29. The van der Waals surface area contributed by atoms with Crippen LogP contribution in [0.5, 0.6) is 11.5 Å². The predicted octanol–water partition coefficient (Wildman–Crippen LogP) is 7.09. The van der Waals surface area contributed by atoms with Crippen molar-refractivity contribution in [1.29, 1.82) is 0 Å². The van der Waals surface area contributed by atoms with Crippen LogP contribution in [0, 0.1) is 5.41 Å². The van der Waals surface area contributed by atoms with E-state index in [2.05, 4.69) is 31.2 Å². The lowest BCUT2D eigenvalue weighted by Crippen LogP contribution is -2.52. The molecule has 2 aromatic rings. The maximum atomic E-state index is 14.0. The zero-order valence-corrected chi connectivity index (χ0v) is 22.9. The zero-order valence-electron chi connectivity index (χ0n) is 22.9. The highest BCUT2D eigenvalue weighted by Crippen LogP contribution is 2.59. The number of ether oxygens (including phenoxy) is 4. The second kappa shape index (κ2) is 10.3. The zero-order chi connectivity index (χ0) is 27.0. The number of hydrogen-bond acceptors (Lipinski definition) is 5. The van der Waals surface area contributed by atoms with Crippen LogP contribution < -0.4 is 9.47 Å². The fourth-order valence-electron chi connectivity index (χ4n) is 6.75. The summed E-state index contributed by atoms with van der Waals surface area (Å²) in [5.41, 5.74) is 4.66. The number of methoxy groups -OCH3 is 2. The van der Waals surface area contributed by atoms with E-state index >= 15 is 0 Å². The molecular weight excluding hydrogens is 488 g/mol. The molecule has 5 nitrogen and oxygen atoms in total. The first-order valence-electron chi connectivity index (χ1n) is 13.9. The molecular formula is C34H36O5. The number of benzene rings is 2. The molecule has 4 atom stereocenters. The van der Waals surface area contributed by atoms with Crippen molar-refractivity contribution in [1.82, 2.24) is 0 Å². The standard InChI is InChI=1S/C34H36O5/c1-33-21-8-9-22-34(33)38-30-25(14-10-13-23-11-4-6-15-28(23)36-2)18-20-26(30)27(31(39-34)32(33)35)19-17-24-12-5-7-16-29(24)37-3/h4-7,10-17,19,30-31H,8-9,18,20-22H2,1-3H3/b13-10+,19-17+,25-14-/t30-,31+,33-,34+/m0/s1. The summed E-state index contributed by atoms with van der Waals surface area (Å²) in [6.07, 6.45) is 14.9. The van der Waals surface area contributed by atoms with Crippen LogP contribution in [0.4, 0.5) is 0 Å². The van der Waals surface area contributed by atoms with E-state index in [0.717, 1.165) is 72.3 Å². The maximum absolute atomic E-state index is 14.0. The Morgan fingerprint density at radius 3 is 2.18 bits per heavy atom. The van der Waals surface area contributed by atoms with Crippen LogP contribution >= 0.6 is 0 Å². The van der Waals surface area contributed by atoms with E-state index in [9.17, 15) is 4.79 Å². The van der Waals surface area contributed by atoms with Crippen LogP contribution in [0.1, 0.15) is 56.6 Å². The molecule has 1 saturated heterocycles. The number of fused-ring (bicyclic) bond motifs is 2. The number of rotatable bonds is 6. The summed E-state index contributed by atoms with van der Waals surface area (Å²) in [6, 6.07) is 15.9. The molecule has 6 rings (SSSR count). The Hall–Kier alpha value is -3.41. The van der Waals surface area contributed by atoms with E-state index in [1.807, 2.05) is 54.6 Å². The van der Waals surface area contributed by atoms with Gasteiger partial charge in [-0.15, -0.1) is 0 Å². The topological polar surface area (TPSA) is 54.0 Å². The molecule has 2 saturated carbocycles. The second-order valence-electron chi connectivity index (χ2n) is 11.1. The number of hydrogen-bond donors (Lipinski definition) is 0. The Labute approximate surface area is 230 Å². The lowest BCUT2D eigenvalue weighted by atomic mass is 9.67. The van der Waals surface area contributed by atoms with E-state index in [-0.39, 0.29) is 11.9 Å². The highest BCUT2D eigenvalue weighted by molar-refractivity contribution is 5.95. The van der Waals surface area contributed by atoms with Gasteiger partial charge < -0.3 is 18.9 Å². The molecule has 2 heterocycles. The van der Waals surface area contributed by atoms with Crippen molar-refractivity contribution in [3.8, 4) is 11.5 Å². The Morgan fingerprint density at radius 2 is 1.46 bits per heavy atom. The molecule has 2 aliphatic carbocycles. The minimum atomic E-state index is -0.890. The van der Waals surface area contributed by atoms with Crippen LogP contribution in [-0.2, 0) is 14.3 Å². The van der Waals surface area contributed by atoms with Crippen molar-refractivity contribution in [2.45, 2.75) is 63.4 Å². The fourth-order valence-corrected chi connectivity index (χ4v) is 6.75. The number of Topliss-reactive ketones (excluding diaryl/α,β-unsaturated/α-hetero) is 1. The lowest BCUT2D eigenvalue weighted by molar-refractivity contribution is -0.280. The summed E-state index contributed by atoms with van der Waals surface area (Å²) in [5.74, 6) is 0.903. The van der Waals surface area contributed by atoms with Crippen molar-refractivity contribution < 1.29 is 23.7 Å². The van der Waals surface area contributed by atoms with Crippen molar-refractivity contribution >= 4 is 17.9 Å². The van der Waals surface area contributed by atoms with Gasteiger partial charge in [-0.1, -0.05) is 73.2 Å². The molecule has 39 heavy (non-hydrogen) atoms. The summed E-state index contributed by atoms with van der Waals surface area (Å²) in [4.78, 5) is 14.0. The minimum Gasteiger partial charge on any atom is -0.496 e. The van der Waals surface area contributed by atoms with Gasteiger partial charge in [0.1, 0.15) is 23.7 Å². The lowest BCUT2D eigenvalue weighted by Gasteiger charge is -2.45. The summed E-state index contributed by atoms with van der Waals surface area (Å²) >= 11 is 0. The Kier molecular flexibility index (Phi) is 6.82. The molecule has 2 aromatic carbocycles. The molecule has 0 radical (unpaired) electrons. The Bertz CT molecular complexity index is 1400. The summed E-state index contributed by atoms with van der Waals surface area (Å²) in [5, 5.41) is 0. The molecule has 2 aliphatic heterocycles. The third-order valence-corrected chi connectivity index (χ3v) is 8.97. The number of para-hydroxylation sites is 2. The summed E-state index contributed by atoms with van der Waals surface area (Å²) in [7, 11) is 3.37. The summed E-state index contributed by atoms with van der Waals surface area (Å²) in [6.45, 7) is 2.06. The van der Waals surface area contributed by atoms with Gasteiger partial charge in [-0.3, -0.25) is 4.79 Å². The highest BCUT2D eigenvalue weighted by Gasteiger charge is 2.67. The predicted molar refractivity (Wildman–Crippen MR) is 152 cm³/mol. The first kappa shape index (κ1) is 25.8. The van der Waals surface area contributed by atoms with Crippen LogP contribution in [0.2, 0.25) is 0 Å². The molecule has 202 valence electrons. The van der Waals surface area contributed by atoms with Gasteiger partial charge in [0, 0.05) is 17.5 Å². The van der Waals surface area contributed by atoms with Gasteiger partial charge in [-0.25, -0.2) is 0 Å². The smallest absolute Gasteiger partial charge is 0.183 e. The second-order valence-corrected chi connectivity index (χ2v) is 11.1. The van der Waals surface area contributed by atoms with Crippen LogP contribution in [-0.4, -0.2) is 38.0 Å². The fraction of sp³-hybridized carbons (Fsp3) is 0.382. The molecule has 1 spiro atoms. The monoisotopic (exact) mass is 524 g/mol. The molecule has 5 heteroatoms. The van der Waals surface area contributed by atoms with Crippen molar-refractivity contribution in [3.63, 3.8) is 0 Å². The van der Waals surface area contributed by atoms with Gasteiger partial charge >= 0.3 is 0 Å². The van der Waals surface area contributed by atoms with Gasteiger partial charge in [-0.05, 0) is 61.5 Å². The molecule has 0 unspecified atom stereocenters. The normalized spacial score (nSPS) is 31.2. The number of carbonyl (C=O) groups is 1. The van der Waals surface area contributed by atoms with E-state index in [1.54, 1.807) is 14.2 Å². The van der Waals surface area contributed by atoms with Crippen molar-refractivity contribution in [2.24, 2.45) is 5.41 Å². The third-order valence-electron chi connectivity index (χ3n) is 8.97. The van der Waals surface area contributed by atoms with Gasteiger partial charge in [0.2, 0.25) is 0 Å². The average molecular weight is 525 g/mol. The average Bonchev–Trinajstić information content (AvgIpc) is 3.40. The van der Waals surface area contributed by atoms with Crippen molar-refractivity contribution in [2.75, 3.05) is 14.2 Å². The highest BCUT2D eigenvalue weighted by atomic mass is 16.7. The number of allylic oxidation sites excluding steroid dienone is 2. The van der Waals surface area contributed by atoms with Gasteiger partial charge in [0.25, 0.3) is 0 Å². The Morgan fingerprint density at radius 1 is 0.821 bits per heavy atom. The van der Waals surface area contributed by atoms with Crippen molar-refractivity contribution in [3.05, 3.63) is 94.6 Å². The maximum Gasteiger partial charge on any atom is 0.183 e. The molecule has 0 amide bonds. The minimum absolute atomic E-state index is 0.154. The largest absolute Gasteiger partial charge is 0.496 e. The molecule has 3 fully saturated rings. The molecule has 0 aromatic heterocycles. The SMILES string of the molecule is COc1ccccc1/C=C/C=C1/CCC2=C(/C=C/c3ccccc3OC)[C@H]3O[C@@]4(CCCC[C@@]4(C)C3=O)O[C@H]21. The van der Waals surface area contributed by atoms with Gasteiger partial charge in [-0.2, -0.15) is 0 Å². The number of ketones is 1. The van der Waals surface area contributed by atoms with E-state index in [0.29, 0.717) is 0 Å².